The van der Waals surface area contributed by atoms with Gasteiger partial charge in [-0.05, 0) is 36.2 Å². The Morgan fingerprint density at radius 1 is 1.33 bits per heavy atom. The van der Waals surface area contributed by atoms with Gasteiger partial charge in [-0.2, -0.15) is 0 Å². The number of carbonyl (C=O) groups excluding carboxylic acids is 1. The number of amides is 1. The molecule has 1 atom stereocenters. The van der Waals surface area contributed by atoms with E-state index in [4.69, 9.17) is 4.74 Å². The minimum atomic E-state index is -0.251. The zero-order valence-electron chi connectivity index (χ0n) is 15.3. The van der Waals surface area contributed by atoms with Gasteiger partial charge in [-0.1, -0.05) is 18.2 Å². The van der Waals surface area contributed by atoms with Crippen molar-refractivity contribution in [3.8, 4) is 0 Å². The SMILES string of the molecule is Cc1cccn2c(CC(=O)N3CCO[C@H](Cc4cccc(F)c4)C3)cnc12. The number of ether oxygens (including phenoxy) is 1. The molecular weight excluding hydrogens is 345 g/mol. The molecule has 0 unspecified atom stereocenters. The largest absolute Gasteiger partial charge is 0.374 e. The van der Waals surface area contributed by atoms with E-state index in [2.05, 4.69) is 4.98 Å². The molecule has 1 saturated heterocycles. The lowest BCUT2D eigenvalue weighted by atomic mass is 10.1. The summed E-state index contributed by atoms with van der Waals surface area (Å²) in [7, 11) is 0. The molecule has 2 aromatic heterocycles. The van der Waals surface area contributed by atoms with Crippen LogP contribution in [-0.2, 0) is 22.4 Å². The van der Waals surface area contributed by atoms with Crippen LogP contribution < -0.4 is 0 Å². The number of nitrogens with zero attached hydrogens (tertiary/aromatic N) is 3. The van der Waals surface area contributed by atoms with Gasteiger partial charge in [-0.3, -0.25) is 4.79 Å². The molecule has 0 spiro atoms. The highest BCUT2D eigenvalue weighted by molar-refractivity contribution is 5.78. The minimum Gasteiger partial charge on any atom is -0.374 e. The Hall–Kier alpha value is -2.73. The van der Waals surface area contributed by atoms with Crippen LogP contribution >= 0.6 is 0 Å². The molecule has 1 aliphatic heterocycles. The maximum Gasteiger partial charge on any atom is 0.228 e. The first-order valence-electron chi connectivity index (χ1n) is 9.15. The monoisotopic (exact) mass is 367 g/mol. The topological polar surface area (TPSA) is 46.8 Å². The van der Waals surface area contributed by atoms with Gasteiger partial charge in [-0.15, -0.1) is 0 Å². The van der Waals surface area contributed by atoms with Crippen LogP contribution in [0.4, 0.5) is 4.39 Å². The number of hydrogen-bond acceptors (Lipinski definition) is 3. The normalized spacial score (nSPS) is 17.4. The molecule has 1 aromatic carbocycles. The van der Waals surface area contributed by atoms with E-state index in [1.165, 1.54) is 12.1 Å². The van der Waals surface area contributed by atoms with E-state index >= 15 is 0 Å². The van der Waals surface area contributed by atoms with Crippen molar-refractivity contribution >= 4 is 11.6 Å². The number of fused-ring (bicyclic) bond motifs is 1. The lowest BCUT2D eigenvalue weighted by Crippen LogP contribution is -2.47. The third-order valence-electron chi connectivity index (χ3n) is 4.98. The molecule has 1 fully saturated rings. The molecule has 0 aliphatic carbocycles. The predicted octanol–water partition coefficient (Wildman–Crippen LogP) is 2.79. The van der Waals surface area contributed by atoms with Gasteiger partial charge < -0.3 is 14.0 Å². The molecule has 0 saturated carbocycles. The number of benzene rings is 1. The molecule has 1 amide bonds. The van der Waals surface area contributed by atoms with E-state index in [-0.39, 0.29) is 17.8 Å². The van der Waals surface area contributed by atoms with E-state index in [1.807, 2.05) is 40.6 Å². The molecule has 3 heterocycles. The Kier molecular flexibility index (Phi) is 4.90. The highest BCUT2D eigenvalue weighted by Crippen LogP contribution is 2.16. The van der Waals surface area contributed by atoms with Crippen LogP contribution in [-0.4, -0.2) is 46.0 Å². The average Bonchev–Trinajstić information content (AvgIpc) is 3.06. The van der Waals surface area contributed by atoms with E-state index in [0.29, 0.717) is 32.5 Å². The molecule has 140 valence electrons. The highest BCUT2D eigenvalue weighted by atomic mass is 19.1. The highest BCUT2D eigenvalue weighted by Gasteiger charge is 2.25. The summed E-state index contributed by atoms with van der Waals surface area (Å²) < 4.78 is 21.1. The molecular formula is C21H22FN3O2. The standard InChI is InChI=1S/C21H22FN3O2/c1-15-4-3-7-25-18(13-23-21(15)25)12-20(26)24-8-9-27-19(14-24)11-16-5-2-6-17(22)10-16/h2-7,10,13,19H,8-9,11-12,14H2,1H3/t19-/m1/s1. The zero-order chi connectivity index (χ0) is 18.8. The average molecular weight is 367 g/mol. The molecule has 6 heteroatoms. The number of morpholine rings is 1. The van der Waals surface area contributed by atoms with E-state index in [9.17, 15) is 9.18 Å². The van der Waals surface area contributed by atoms with Crippen LogP contribution in [0.5, 0.6) is 0 Å². The number of hydrogen-bond donors (Lipinski definition) is 0. The molecule has 4 rings (SSSR count). The molecule has 0 radical (unpaired) electrons. The van der Waals surface area contributed by atoms with Crippen molar-refractivity contribution in [3.63, 3.8) is 0 Å². The number of carbonyl (C=O) groups is 1. The summed E-state index contributed by atoms with van der Waals surface area (Å²) in [5.74, 6) is -0.190. The second kappa shape index (κ2) is 7.48. The third-order valence-corrected chi connectivity index (χ3v) is 4.98. The molecule has 1 aliphatic rings. The third kappa shape index (κ3) is 3.85. The number of aryl methyl sites for hydroxylation is 1. The fraction of sp³-hybridized carbons (Fsp3) is 0.333. The predicted molar refractivity (Wildman–Crippen MR) is 100 cm³/mol. The van der Waals surface area contributed by atoms with Crippen molar-refractivity contribution in [2.75, 3.05) is 19.7 Å². The Balaban J connectivity index is 1.43. The Morgan fingerprint density at radius 3 is 3.07 bits per heavy atom. The first kappa shape index (κ1) is 17.7. The van der Waals surface area contributed by atoms with Crippen LogP contribution in [0.25, 0.3) is 5.65 Å². The fourth-order valence-electron chi connectivity index (χ4n) is 3.60. The number of rotatable bonds is 4. The van der Waals surface area contributed by atoms with Crippen molar-refractivity contribution in [1.29, 1.82) is 0 Å². The van der Waals surface area contributed by atoms with E-state index in [0.717, 1.165) is 22.5 Å². The van der Waals surface area contributed by atoms with Crippen molar-refractivity contribution in [3.05, 3.63) is 71.4 Å². The fourth-order valence-corrected chi connectivity index (χ4v) is 3.60. The molecule has 0 N–H and O–H groups in total. The first-order chi connectivity index (χ1) is 13.1. The van der Waals surface area contributed by atoms with Gasteiger partial charge in [0.15, 0.2) is 0 Å². The minimum absolute atomic E-state index is 0.0610. The summed E-state index contributed by atoms with van der Waals surface area (Å²) in [6.07, 6.45) is 4.48. The summed E-state index contributed by atoms with van der Waals surface area (Å²) >= 11 is 0. The second-order valence-corrected chi connectivity index (χ2v) is 6.98. The summed E-state index contributed by atoms with van der Waals surface area (Å²) in [4.78, 5) is 19.1. The van der Waals surface area contributed by atoms with Crippen molar-refractivity contribution in [1.82, 2.24) is 14.3 Å². The lowest BCUT2D eigenvalue weighted by molar-refractivity contribution is -0.138. The van der Waals surface area contributed by atoms with Gasteiger partial charge in [0.25, 0.3) is 0 Å². The quantitative estimate of drug-likeness (QED) is 0.712. The van der Waals surface area contributed by atoms with Gasteiger partial charge in [0.2, 0.25) is 5.91 Å². The summed E-state index contributed by atoms with van der Waals surface area (Å²) in [6.45, 7) is 3.60. The van der Waals surface area contributed by atoms with Gasteiger partial charge >= 0.3 is 0 Å². The molecule has 5 nitrogen and oxygen atoms in total. The van der Waals surface area contributed by atoms with Crippen LogP contribution in [0.2, 0.25) is 0 Å². The Labute approximate surface area is 157 Å². The van der Waals surface area contributed by atoms with Crippen LogP contribution in [0.15, 0.2) is 48.8 Å². The van der Waals surface area contributed by atoms with Gasteiger partial charge in [-0.25, -0.2) is 9.37 Å². The molecule has 3 aromatic rings. The van der Waals surface area contributed by atoms with Gasteiger partial charge in [0, 0.05) is 31.9 Å². The number of imidazole rings is 1. The van der Waals surface area contributed by atoms with Crippen LogP contribution in [0, 0.1) is 12.7 Å². The first-order valence-corrected chi connectivity index (χ1v) is 9.15. The number of pyridine rings is 1. The maximum atomic E-state index is 13.4. The van der Waals surface area contributed by atoms with Gasteiger partial charge in [0.1, 0.15) is 11.5 Å². The van der Waals surface area contributed by atoms with Gasteiger partial charge in [0.05, 0.1) is 24.8 Å². The van der Waals surface area contributed by atoms with Crippen molar-refractivity contribution < 1.29 is 13.9 Å². The summed E-state index contributed by atoms with van der Waals surface area (Å²) in [6, 6.07) is 10.5. The smallest absolute Gasteiger partial charge is 0.228 e. The Morgan fingerprint density at radius 2 is 2.22 bits per heavy atom. The van der Waals surface area contributed by atoms with Crippen molar-refractivity contribution in [2.45, 2.75) is 25.9 Å². The summed E-state index contributed by atoms with van der Waals surface area (Å²) in [5.41, 5.74) is 3.72. The Bertz CT molecular complexity index is 969. The van der Waals surface area contributed by atoms with Crippen LogP contribution in [0.3, 0.4) is 0 Å². The van der Waals surface area contributed by atoms with Crippen molar-refractivity contribution in [2.24, 2.45) is 0 Å². The summed E-state index contributed by atoms with van der Waals surface area (Å²) in [5, 5.41) is 0. The van der Waals surface area contributed by atoms with E-state index in [1.54, 1.807) is 12.3 Å². The lowest BCUT2D eigenvalue weighted by Gasteiger charge is -2.33. The molecule has 27 heavy (non-hydrogen) atoms. The zero-order valence-corrected chi connectivity index (χ0v) is 15.3. The maximum absolute atomic E-state index is 13.4. The van der Waals surface area contributed by atoms with E-state index < -0.39 is 0 Å². The molecule has 0 bridgehead atoms. The number of aromatic nitrogens is 2. The number of halogens is 1. The second-order valence-electron chi connectivity index (χ2n) is 6.98. The van der Waals surface area contributed by atoms with Crippen LogP contribution in [0.1, 0.15) is 16.8 Å².